The van der Waals surface area contributed by atoms with Crippen molar-refractivity contribution in [2.45, 2.75) is 38.0 Å². The second kappa shape index (κ2) is 5.63. The highest BCUT2D eigenvalue weighted by molar-refractivity contribution is 7.90. The van der Waals surface area contributed by atoms with Crippen molar-refractivity contribution in [1.29, 1.82) is 0 Å². The third-order valence-corrected chi connectivity index (χ3v) is 5.24. The molecule has 2 rings (SSSR count). The molecule has 1 N–H and O–H groups in total. The molecule has 1 fully saturated rings. The summed E-state index contributed by atoms with van der Waals surface area (Å²) in [6.45, 7) is 6.25. The van der Waals surface area contributed by atoms with E-state index in [9.17, 15) is 8.42 Å². The molecule has 0 radical (unpaired) electrons. The standard InChI is InChI=1S/C15H23NO2S/c1-11-8-15(19(3,17)18)10-14(12(11)2)9-13-4-6-16-7-5-13/h8,10,13,16H,4-7,9H2,1-3H3. The maximum absolute atomic E-state index is 11.7. The van der Waals surface area contributed by atoms with Gasteiger partial charge in [0.05, 0.1) is 4.90 Å². The van der Waals surface area contributed by atoms with Gasteiger partial charge in [0.2, 0.25) is 0 Å². The lowest BCUT2D eigenvalue weighted by Crippen LogP contribution is -2.28. The Morgan fingerprint density at radius 1 is 1.21 bits per heavy atom. The van der Waals surface area contributed by atoms with Gasteiger partial charge in [-0.2, -0.15) is 0 Å². The normalized spacial score (nSPS) is 17.6. The highest BCUT2D eigenvalue weighted by Crippen LogP contribution is 2.25. The minimum atomic E-state index is -3.12. The maximum Gasteiger partial charge on any atom is 0.175 e. The molecule has 106 valence electrons. The van der Waals surface area contributed by atoms with Gasteiger partial charge in [0.25, 0.3) is 0 Å². The van der Waals surface area contributed by atoms with Crippen molar-refractivity contribution in [3.63, 3.8) is 0 Å². The number of rotatable bonds is 3. The van der Waals surface area contributed by atoms with Gasteiger partial charge in [-0.3, -0.25) is 0 Å². The maximum atomic E-state index is 11.7. The molecule has 4 heteroatoms. The predicted molar refractivity (Wildman–Crippen MR) is 78.3 cm³/mol. The van der Waals surface area contributed by atoms with Gasteiger partial charge >= 0.3 is 0 Å². The molecule has 0 atom stereocenters. The Kier molecular flexibility index (Phi) is 4.31. The summed E-state index contributed by atoms with van der Waals surface area (Å²) in [6, 6.07) is 3.66. The highest BCUT2D eigenvalue weighted by atomic mass is 32.2. The van der Waals surface area contributed by atoms with Crippen LogP contribution >= 0.6 is 0 Å². The van der Waals surface area contributed by atoms with Crippen LogP contribution in [-0.2, 0) is 16.3 Å². The van der Waals surface area contributed by atoms with E-state index in [0.717, 1.165) is 25.1 Å². The topological polar surface area (TPSA) is 46.2 Å². The molecule has 1 aliphatic heterocycles. The lowest BCUT2D eigenvalue weighted by atomic mass is 9.88. The quantitative estimate of drug-likeness (QED) is 0.924. The minimum Gasteiger partial charge on any atom is -0.317 e. The highest BCUT2D eigenvalue weighted by Gasteiger charge is 2.17. The lowest BCUT2D eigenvalue weighted by Gasteiger charge is -2.24. The van der Waals surface area contributed by atoms with E-state index in [2.05, 4.69) is 12.2 Å². The Labute approximate surface area is 116 Å². The first-order chi connectivity index (χ1) is 8.88. The minimum absolute atomic E-state index is 0.458. The van der Waals surface area contributed by atoms with Crippen molar-refractivity contribution in [3.8, 4) is 0 Å². The number of aryl methyl sites for hydroxylation is 1. The fraction of sp³-hybridized carbons (Fsp3) is 0.600. The molecule has 0 aromatic heterocycles. The van der Waals surface area contributed by atoms with Crippen LogP contribution in [0, 0.1) is 19.8 Å². The van der Waals surface area contributed by atoms with Crippen LogP contribution in [0.2, 0.25) is 0 Å². The molecule has 1 heterocycles. The van der Waals surface area contributed by atoms with Crippen LogP contribution in [0.25, 0.3) is 0 Å². The number of hydrogen-bond donors (Lipinski definition) is 1. The Bertz CT molecular complexity index is 558. The first-order valence-electron chi connectivity index (χ1n) is 6.89. The zero-order valence-corrected chi connectivity index (χ0v) is 12.8. The van der Waals surface area contributed by atoms with Gasteiger partial charge in [0, 0.05) is 6.26 Å². The summed E-state index contributed by atoms with van der Waals surface area (Å²) in [4.78, 5) is 0.458. The monoisotopic (exact) mass is 281 g/mol. The zero-order valence-electron chi connectivity index (χ0n) is 12.0. The van der Waals surface area contributed by atoms with E-state index in [0.29, 0.717) is 10.8 Å². The smallest absolute Gasteiger partial charge is 0.175 e. The van der Waals surface area contributed by atoms with Crippen molar-refractivity contribution in [2.24, 2.45) is 5.92 Å². The Balaban J connectivity index is 2.30. The average Bonchev–Trinajstić information content (AvgIpc) is 2.34. The molecular formula is C15H23NO2S. The summed E-state index contributed by atoms with van der Waals surface area (Å²) in [6.07, 6.45) is 4.65. The Hall–Kier alpha value is -0.870. The number of sulfone groups is 1. The molecule has 0 saturated carbocycles. The van der Waals surface area contributed by atoms with Crippen LogP contribution in [0.3, 0.4) is 0 Å². The largest absolute Gasteiger partial charge is 0.317 e. The van der Waals surface area contributed by atoms with Crippen LogP contribution in [0.4, 0.5) is 0 Å². The summed E-state index contributed by atoms with van der Waals surface area (Å²) in [5, 5.41) is 3.37. The zero-order chi connectivity index (χ0) is 14.0. The number of benzene rings is 1. The number of hydrogen-bond acceptors (Lipinski definition) is 3. The van der Waals surface area contributed by atoms with Crippen molar-refractivity contribution < 1.29 is 8.42 Å². The first kappa shape index (κ1) is 14.5. The summed E-state index contributed by atoms with van der Waals surface area (Å²) in [5.41, 5.74) is 3.52. The van der Waals surface area contributed by atoms with E-state index < -0.39 is 9.84 Å². The second-order valence-electron chi connectivity index (χ2n) is 5.69. The number of piperidine rings is 1. The molecule has 3 nitrogen and oxygen atoms in total. The SMILES string of the molecule is Cc1cc(S(C)(=O)=O)cc(CC2CCNCC2)c1C. The fourth-order valence-corrected chi connectivity index (χ4v) is 3.47. The molecule has 1 aromatic carbocycles. The molecule has 0 unspecified atom stereocenters. The van der Waals surface area contributed by atoms with Gasteiger partial charge in [-0.05, 0) is 80.9 Å². The number of nitrogens with one attached hydrogen (secondary N) is 1. The van der Waals surface area contributed by atoms with Crippen molar-refractivity contribution in [1.82, 2.24) is 5.32 Å². The van der Waals surface area contributed by atoms with E-state index >= 15 is 0 Å². The van der Waals surface area contributed by atoms with Crippen LogP contribution < -0.4 is 5.32 Å². The van der Waals surface area contributed by atoms with Gasteiger partial charge in [-0.15, -0.1) is 0 Å². The second-order valence-corrected chi connectivity index (χ2v) is 7.71. The molecular weight excluding hydrogens is 258 g/mol. The van der Waals surface area contributed by atoms with Crippen LogP contribution in [-0.4, -0.2) is 27.8 Å². The van der Waals surface area contributed by atoms with Gasteiger partial charge < -0.3 is 5.32 Å². The summed E-state index contributed by atoms with van der Waals surface area (Å²) in [7, 11) is -3.12. The van der Waals surface area contributed by atoms with E-state index in [-0.39, 0.29) is 0 Å². The molecule has 1 saturated heterocycles. The summed E-state index contributed by atoms with van der Waals surface area (Å²) < 4.78 is 23.5. The average molecular weight is 281 g/mol. The Morgan fingerprint density at radius 2 is 1.84 bits per heavy atom. The van der Waals surface area contributed by atoms with Gasteiger partial charge in [-0.1, -0.05) is 0 Å². The molecule has 1 aromatic rings. The van der Waals surface area contributed by atoms with Crippen molar-refractivity contribution in [2.75, 3.05) is 19.3 Å². The third kappa shape index (κ3) is 3.57. The summed E-state index contributed by atoms with van der Waals surface area (Å²) >= 11 is 0. The lowest BCUT2D eigenvalue weighted by molar-refractivity contribution is 0.372. The van der Waals surface area contributed by atoms with E-state index in [1.807, 2.05) is 13.0 Å². The predicted octanol–water partition coefficient (Wildman–Crippen LogP) is 2.25. The molecule has 19 heavy (non-hydrogen) atoms. The first-order valence-corrected chi connectivity index (χ1v) is 8.78. The van der Waals surface area contributed by atoms with Crippen LogP contribution in [0.15, 0.2) is 17.0 Å². The Morgan fingerprint density at radius 3 is 2.42 bits per heavy atom. The van der Waals surface area contributed by atoms with E-state index in [1.165, 1.54) is 30.2 Å². The molecule has 0 bridgehead atoms. The van der Waals surface area contributed by atoms with Crippen LogP contribution in [0.5, 0.6) is 0 Å². The van der Waals surface area contributed by atoms with Crippen molar-refractivity contribution >= 4 is 9.84 Å². The van der Waals surface area contributed by atoms with Gasteiger partial charge in [0.15, 0.2) is 9.84 Å². The molecule has 0 spiro atoms. The van der Waals surface area contributed by atoms with E-state index in [4.69, 9.17) is 0 Å². The molecule has 0 amide bonds. The van der Waals surface area contributed by atoms with Crippen molar-refractivity contribution in [3.05, 3.63) is 28.8 Å². The van der Waals surface area contributed by atoms with Crippen LogP contribution in [0.1, 0.15) is 29.5 Å². The van der Waals surface area contributed by atoms with E-state index in [1.54, 1.807) is 6.07 Å². The van der Waals surface area contributed by atoms with Gasteiger partial charge in [0.1, 0.15) is 0 Å². The third-order valence-electron chi connectivity index (χ3n) is 4.14. The summed E-state index contributed by atoms with van der Waals surface area (Å²) in [5.74, 6) is 0.675. The van der Waals surface area contributed by atoms with Gasteiger partial charge in [-0.25, -0.2) is 8.42 Å². The molecule has 1 aliphatic rings. The molecule has 0 aliphatic carbocycles. The fourth-order valence-electron chi connectivity index (χ4n) is 2.72.